The summed E-state index contributed by atoms with van der Waals surface area (Å²) in [5.74, 6) is -0.296. The number of hydrazone groups is 1. The van der Waals surface area contributed by atoms with Crippen molar-refractivity contribution >= 4 is 45.6 Å². The highest BCUT2D eigenvalue weighted by molar-refractivity contribution is 9.10. The molecule has 0 heterocycles. The van der Waals surface area contributed by atoms with Crippen LogP contribution in [0.25, 0.3) is 0 Å². The zero-order valence-electron chi connectivity index (χ0n) is 19.7. The van der Waals surface area contributed by atoms with Crippen LogP contribution in [0.4, 0.5) is 0 Å². The first kappa shape index (κ1) is 25.1. The van der Waals surface area contributed by atoms with Crippen LogP contribution in [0.5, 0.6) is 5.75 Å². The Morgan fingerprint density at radius 1 is 1.09 bits per heavy atom. The third kappa shape index (κ3) is 6.19. The summed E-state index contributed by atoms with van der Waals surface area (Å²) in [6.07, 6.45) is 2.27. The highest BCUT2D eigenvalue weighted by atomic mass is 79.9. The van der Waals surface area contributed by atoms with Crippen molar-refractivity contribution in [3.05, 3.63) is 98.5 Å². The van der Waals surface area contributed by atoms with Gasteiger partial charge in [-0.25, -0.2) is 10.2 Å². The molecule has 4 rings (SSSR count). The lowest BCUT2D eigenvalue weighted by molar-refractivity contribution is -0.122. The van der Waals surface area contributed by atoms with Crippen LogP contribution in [-0.4, -0.2) is 18.1 Å². The minimum atomic E-state index is -0.574. The lowest BCUT2D eigenvalue weighted by atomic mass is 9.86. The molecule has 7 heteroatoms. The van der Waals surface area contributed by atoms with E-state index in [0.717, 1.165) is 10.9 Å². The maximum Gasteiger partial charge on any atom is 0.345 e. The van der Waals surface area contributed by atoms with Gasteiger partial charge in [-0.15, -0.1) is 0 Å². The molecule has 2 atom stereocenters. The molecule has 0 aromatic heterocycles. The van der Waals surface area contributed by atoms with Gasteiger partial charge in [0.2, 0.25) is 5.91 Å². The van der Waals surface area contributed by atoms with Crippen LogP contribution in [0.15, 0.2) is 76.3 Å². The highest BCUT2D eigenvalue weighted by Gasteiger charge is 2.44. The second kappa shape index (κ2) is 10.3. The van der Waals surface area contributed by atoms with Crippen molar-refractivity contribution < 1.29 is 14.3 Å². The van der Waals surface area contributed by atoms with Crippen molar-refractivity contribution in [3.8, 4) is 5.75 Å². The smallest absolute Gasteiger partial charge is 0.345 e. The average molecular weight is 554 g/mol. The number of hydrogen-bond donors (Lipinski definition) is 1. The van der Waals surface area contributed by atoms with E-state index in [1.54, 1.807) is 42.5 Å². The summed E-state index contributed by atoms with van der Waals surface area (Å²) in [7, 11) is 0. The van der Waals surface area contributed by atoms with E-state index >= 15 is 0 Å². The fraction of sp³-hybridized carbons (Fsp3) is 0.250. The van der Waals surface area contributed by atoms with Crippen molar-refractivity contribution in [2.75, 3.05) is 0 Å². The number of carbonyl (C=O) groups is 2. The Labute approximate surface area is 218 Å². The predicted molar refractivity (Wildman–Crippen MR) is 142 cm³/mol. The molecule has 0 spiro atoms. The molecule has 1 fully saturated rings. The van der Waals surface area contributed by atoms with Gasteiger partial charge in [0.05, 0.1) is 16.8 Å². The number of halogens is 2. The van der Waals surface area contributed by atoms with Gasteiger partial charge >= 0.3 is 5.97 Å². The Bertz CT molecular complexity index is 1280. The van der Waals surface area contributed by atoms with Gasteiger partial charge in [0.1, 0.15) is 5.75 Å². The lowest BCUT2D eigenvalue weighted by Crippen LogP contribution is -2.20. The topological polar surface area (TPSA) is 67.8 Å². The van der Waals surface area contributed by atoms with E-state index in [9.17, 15) is 9.59 Å². The standard InChI is InChI=1S/C28H26BrClN2O3/c1-28(2,3)19-10-8-17(9-11-19)22-15-23(22)26(33)32-31-16-18-14-20(29)12-13-25(18)35-27(34)21-6-4-5-7-24(21)30/h4-14,16,22-23H,15H2,1-3H3,(H,32,33)/t22-,23+/m1/s1. The maximum absolute atomic E-state index is 12.6. The van der Waals surface area contributed by atoms with Gasteiger partial charge in [0.15, 0.2) is 0 Å². The van der Waals surface area contributed by atoms with Crippen molar-refractivity contribution in [1.29, 1.82) is 0 Å². The fourth-order valence-electron chi connectivity index (χ4n) is 3.83. The Morgan fingerprint density at radius 3 is 2.49 bits per heavy atom. The molecule has 0 aliphatic heterocycles. The Hall–Kier alpha value is -2.96. The van der Waals surface area contributed by atoms with Crippen LogP contribution < -0.4 is 10.2 Å². The number of amides is 1. The molecule has 0 bridgehead atoms. The molecule has 1 saturated carbocycles. The summed E-state index contributed by atoms with van der Waals surface area (Å²) < 4.78 is 6.33. The van der Waals surface area contributed by atoms with Crippen molar-refractivity contribution in [3.63, 3.8) is 0 Å². The van der Waals surface area contributed by atoms with Gasteiger partial charge < -0.3 is 4.74 Å². The molecular formula is C28H26BrClN2O3. The minimum Gasteiger partial charge on any atom is -0.422 e. The molecule has 1 amide bonds. The van der Waals surface area contributed by atoms with Gasteiger partial charge in [0, 0.05) is 16.0 Å². The number of hydrogen-bond acceptors (Lipinski definition) is 4. The van der Waals surface area contributed by atoms with Crippen molar-refractivity contribution in [2.24, 2.45) is 11.0 Å². The highest BCUT2D eigenvalue weighted by Crippen LogP contribution is 2.47. The van der Waals surface area contributed by atoms with Crippen LogP contribution in [-0.2, 0) is 10.2 Å². The number of carbonyl (C=O) groups excluding carboxylic acids is 2. The molecule has 1 aliphatic carbocycles. The molecule has 3 aromatic carbocycles. The first-order chi connectivity index (χ1) is 16.6. The van der Waals surface area contributed by atoms with Crippen LogP contribution in [0.2, 0.25) is 5.02 Å². The average Bonchev–Trinajstić information content (AvgIpc) is 3.61. The van der Waals surface area contributed by atoms with Crippen LogP contribution in [0, 0.1) is 5.92 Å². The number of esters is 1. The van der Waals surface area contributed by atoms with Gasteiger partial charge in [-0.2, -0.15) is 5.10 Å². The molecule has 180 valence electrons. The molecule has 1 N–H and O–H groups in total. The molecule has 5 nitrogen and oxygen atoms in total. The van der Waals surface area contributed by atoms with Gasteiger partial charge in [0.25, 0.3) is 0 Å². The molecular weight excluding hydrogens is 528 g/mol. The van der Waals surface area contributed by atoms with Crippen LogP contribution in [0.3, 0.4) is 0 Å². The first-order valence-electron chi connectivity index (χ1n) is 11.3. The summed E-state index contributed by atoms with van der Waals surface area (Å²) in [4.78, 5) is 25.2. The SMILES string of the molecule is CC(C)(C)c1ccc([C@H]2C[C@@H]2C(=O)NN=Cc2cc(Br)ccc2OC(=O)c2ccccc2Cl)cc1. The Balaban J connectivity index is 1.39. The number of nitrogens with one attached hydrogen (secondary N) is 1. The Kier molecular flexibility index (Phi) is 7.43. The maximum atomic E-state index is 12.6. The van der Waals surface area contributed by atoms with E-state index in [4.69, 9.17) is 16.3 Å². The molecule has 0 saturated heterocycles. The molecule has 3 aromatic rings. The number of rotatable bonds is 6. The van der Waals surface area contributed by atoms with Gasteiger partial charge in [-0.1, -0.05) is 84.7 Å². The van der Waals surface area contributed by atoms with E-state index in [1.165, 1.54) is 17.3 Å². The summed E-state index contributed by atoms with van der Waals surface area (Å²) in [6.45, 7) is 6.55. The number of nitrogens with zero attached hydrogens (tertiary/aromatic N) is 1. The second-order valence-electron chi connectivity index (χ2n) is 9.61. The van der Waals surface area contributed by atoms with Crippen molar-refractivity contribution in [2.45, 2.75) is 38.5 Å². The third-order valence-corrected chi connectivity index (χ3v) is 6.80. The first-order valence-corrected chi connectivity index (χ1v) is 12.5. The fourth-order valence-corrected chi connectivity index (χ4v) is 4.42. The normalized spacial score (nSPS) is 17.3. The quantitative estimate of drug-likeness (QED) is 0.157. The van der Waals surface area contributed by atoms with Gasteiger partial charge in [-0.3, -0.25) is 4.79 Å². The molecule has 0 radical (unpaired) electrons. The van der Waals surface area contributed by atoms with E-state index < -0.39 is 5.97 Å². The third-order valence-electron chi connectivity index (χ3n) is 5.98. The van der Waals surface area contributed by atoms with E-state index in [2.05, 4.69) is 71.5 Å². The largest absolute Gasteiger partial charge is 0.422 e. The summed E-state index contributed by atoms with van der Waals surface area (Å²) >= 11 is 9.52. The molecule has 1 aliphatic rings. The van der Waals surface area contributed by atoms with E-state index in [0.29, 0.717) is 16.3 Å². The number of ether oxygens (including phenoxy) is 1. The van der Waals surface area contributed by atoms with E-state index in [-0.39, 0.29) is 28.7 Å². The van der Waals surface area contributed by atoms with Crippen LogP contribution >= 0.6 is 27.5 Å². The molecule has 35 heavy (non-hydrogen) atoms. The Morgan fingerprint density at radius 2 is 1.80 bits per heavy atom. The zero-order valence-corrected chi connectivity index (χ0v) is 22.1. The summed E-state index contributed by atoms with van der Waals surface area (Å²) in [5, 5.41) is 4.42. The predicted octanol–water partition coefficient (Wildman–Crippen LogP) is 6.87. The minimum absolute atomic E-state index is 0.0978. The lowest BCUT2D eigenvalue weighted by Gasteiger charge is -2.19. The second-order valence-corrected chi connectivity index (χ2v) is 10.9. The van der Waals surface area contributed by atoms with Crippen molar-refractivity contribution in [1.82, 2.24) is 5.43 Å². The zero-order chi connectivity index (χ0) is 25.2. The van der Waals surface area contributed by atoms with Gasteiger partial charge in [-0.05, 0) is 59.2 Å². The number of benzene rings is 3. The summed E-state index contributed by atoms with van der Waals surface area (Å²) in [6, 6.07) is 20.3. The van der Waals surface area contributed by atoms with E-state index in [1.807, 2.05) is 0 Å². The monoisotopic (exact) mass is 552 g/mol. The molecule has 0 unspecified atom stereocenters. The van der Waals surface area contributed by atoms with Crippen LogP contribution in [0.1, 0.15) is 60.2 Å². The summed E-state index contributed by atoms with van der Waals surface area (Å²) in [5.41, 5.74) is 5.96.